The van der Waals surface area contributed by atoms with E-state index in [2.05, 4.69) is 40.8 Å². The second-order valence-electron chi connectivity index (χ2n) is 6.68. The molecule has 1 atom stereocenters. The first-order chi connectivity index (χ1) is 9.76. The molecule has 0 bridgehead atoms. The van der Waals surface area contributed by atoms with Crippen LogP contribution in [0.5, 0.6) is 0 Å². The number of halogens is 1. The number of rotatable bonds is 2. The monoisotopic (exact) mass is 405 g/mol. The van der Waals surface area contributed by atoms with E-state index in [9.17, 15) is 4.79 Å². The molecule has 0 aromatic carbocycles. The van der Waals surface area contributed by atoms with Gasteiger partial charge in [-0.3, -0.25) is 4.68 Å². The molecule has 1 aliphatic heterocycles. The molecule has 0 N–H and O–H groups in total. The van der Waals surface area contributed by atoms with E-state index >= 15 is 0 Å². The Morgan fingerprint density at radius 2 is 2.05 bits per heavy atom. The van der Waals surface area contributed by atoms with Crippen molar-refractivity contribution in [3.63, 3.8) is 0 Å². The number of piperidine rings is 1. The van der Waals surface area contributed by atoms with Crippen LogP contribution in [0.4, 0.5) is 4.79 Å². The summed E-state index contributed by atoms with van der Waals surface area (Å²) in [6, 6.07) is 0.370. The van der Waals surface area contributed by atoms with Gasteiger partial charge in [0.2, 0.25) is 0 Å². The van der Waals surface area contributed by atoms with Gasteiger partial charge in [0.05, 0.1) is 15.8 Å². The molecule has 2 heterocycles. The van der Waals surface area contributed by atoms with E-state index < -0.39 is 5.60 Å². The van der Waals surface area contributed by atoms with E-state index in [4.69, 9.17) is 4.74 Å². The summed E-state index contributed by atoms with van der Waals surface area (Å²) in [5.41, 5.74) is -0.424. The molecule has 0 saturated carbocycles. The van der Waals surface area contributed by atoms with Crippen molar-refractivity contribution in [2.24, 2.45) is 5.92 Å². The van der Waals surface area contributed by atoms with E-state index in [0.717, 1.165) is 29.5 Å². The lowest BCUT2D eigenvalue weighted by Gasteiger charge is -2.35. The van der Waals surface area contributed by atoms with E-state index in [-0.39, 0.29) is 6.09 Å². The molecule has 1 aliphatic rings. The van der Waals surface area contributed by atoms with Crippen LogP contribution in [0, 0.1) is 9.49 Å². The number of carbonyl (C=O) groups excluding carboxylic acids is 1. The molecular formula is C15H24IN3O2. The molecule has 1 aromatic heterocycles. The lowest BCUT2D eigenvalue weighted by atomic mass is 9.90. The maximum atomic E-state index is 12.0. The maximum absolute atomic E-state index is 12.0. The quantitative estimate of drug-likeness (QED) is 0.706. The zero-order chi connectivity index (χ0) is 15.6. The van der Waals surface area contributed by atoms with Crippen LogP contribution in [0.3, 0.4) is 0 Å². The van der Waals surface area contributed by atoms with Crippen LogP contribution in [0.2, 0.25) is 0 Å². The summed E-state index contributed by atoms with van der Waals surface area (Å²) < 4.78 is 8.62. The lowest BCUT2D eigenvalue weighted by Crippen LogP contribution is -2.42. The van der Waals surface area contributed by atoms with E-state index in [1.807, 2.05) is 36.5 Å². The van der Waals surface area contributed by atoms with Crippen molar-refractivity contribution >= 4 is 28.7 Å². The number of ether oxygens (including phenoxy) is 1. The van der Waals surface area contributed by atoms with Crippen LogP contribution in [0.15, 0.2) is 12.4 Å². The summed E-state index contributed by atoms with van der Waals surface area (Å²) in [5, 5.41) is 4.40. The normalized spacial score (nSPS) is 18.6. The number of aromatic nitrogens is 2. The Labute approximate surface area is 140 Å². The van der Waals surface area contributed by atoms with Crippen LogP contribution in [0.1, 0.15) is 46.6 Å². The van der Waals surface area contributed by atoms with Gasteiger partial charge >= 0.3 is 6.09 Å². The van der Waals surface area contributed by atoms with Crippen molar-refractivity contribution in [2.75, 3.05) is 13.1 Å². The Balaban J connectivity index is 1.87. The Morgan fingerprint density at radius 1 is 1.43 bits per heavy atom. The van der Waals surface area contributed by atoms with E-state index in [1.54, 1.807) is 0 Å². The Kier molecular flexibility index (Phi) is 5.16. The first kappa shape index (κ1) is 16.6. The highest BCUT2D eigenvalue weighted by Gasteiger charge is 2.29. The molecule has 1 aromatic rings. The topological polar surface area (TPSA) is 47.4 Å². The second-order valence-corrected chi connectivity index (χ2v) is 7.93. The largest absolute Gasteiger partial charge is 0.444 e. The SMILES string of the molecule is CC(C1CCN(C(=O)OC(C)(C)C)CC1)n1cc(I)cn1. The summed E-state index contributed by atoms with van der Waals surface area (Å²) in [4.78, 5) is 13.9. The number of nitrogens with zero attached hydrogens (tertiary/aromatic N) is 3. The summed E-state index contributed by atoms with van der Waals surface area (Å²) in [7, 11) is 0. The molecule has 6 heteroatoms. The van der Waals surface area contributed by atoms with Gasteiger partial charge in [-0.15, -0.1) is 0 Å². The molecule has 1 saturated heterocycles. The highest BCUT2D eigenvalue weighted by Crippen LogP contribution is 2.29. The average Bonchev–Trinajstić information content (AvgIpc) is 2.83. The van der Waals surface area contributed by atoms with Crippen molar-refractivity contribution in [1.82, 2.24) is 14.7 Å². The van der Waals surface area contributed by atoms with Gasteiger partial charge in [0, 0.05) is 19.3 Å². The third-order valence-electron chi connectivity index (χ3n) is 3.86. The van der Waals surface area contributed by atoms with Crippen molar-refractivity contribution in [2.45, 2.75) is 52.2 Å². The zero-order valence-corrected chi connectivity index (χ0v) is 15.3. The van der Waals surface area contributed by atoms with Gasteiger partial charge in [0.15, 0.2) is 0 Å². The minimum Gasteiger partial charge on any atom is -0.444 e. The third kappa shape index (κ3) is 4.59. The fourth-order valence-corrected chi connectivity index (χ4v) is 3.05. The minimum absolute atomic E-state index is 0.192. The third-order valence-corrected chi connectivity index (χ3v) is 4.42. The molecule has 0 aliphatic carbocycles. The van der Waals surface area contributed by atoms with Crippen molar-refractivity contribution in [3.05, 3.63) is 16.0 Å². The molecule has 0 spiro atoms. The lowest BCUT2D eigenvalue weighted by molar-refractivity contribution is 0.0163. The Hall–Kier alpha value is -0.790. The van der Waals surface area contributed by atoms with Crippen LogP contribution in [-0.2, 0) is 4.74 Å². The predicted octanol–water partition coefficient (Wildman–Crippen LogP) is 3.70. The zero-order valence-electron chi connectivity index (χ0n) is 13.2. The van der Waals surface area contributed by atoms with Crippen LogP contribution in [0.25, 0.3) is 0 Å². The molecule has 1 unspecified atom stereocenters. The van der Waals surface area contributed by atoms with Crippen LogP contribution >= 0.6 is 22.6 Å². The molecule has 118 valence electrons. The number of carbonyl (C=O) groups is 1. The summed E-state index contributed by atoms with van der Waals surface area (Å²) in [5.74, 6) is 0.555. The number of likely N-dealkylation sites (tertiary alicyclic amines) is 1. The predicted molar refractivity (Wildman–Crippen MR) is 90.2 cm³/mol. The number of hydrogen-bond donors (Lipinski definition) is 0. The van der Waals surface area contributed by atoms with Gasteiger partial charge in [-0.2, -0.15) is 5.10 Å². The highest BCUT2D eigenvalue weighted by molar-refractivity contribution is 14.1. The van der Waals surface area contributed by atoms with Gasteiger partial charge in [0.25, 0.3) is 0 Å². The van der Waals surface area contributed by atoms with E-state index in [0.29, 0.717) is 12.0 Å². The molecule has 1 fully saturated rings. The fourth-order valence-electron chi connectivity index (χ4n) is 2.64. The Morgan fingerprint density at radius 3 is 2.52 bits per heavy atom. The van der Waals surface area contributed by atoms with E-state index in [1.165, 1.54) is 0 Å². The summed E-state index contributed by atoms with van der Waals surface area (Å²) >= 11 is 2.28. The molecule has 21 heavy (non-hydrogen) atoms. The molecule has 1 amide bonds. The molecule has 5 nitrogen and oxygen atoms in total. The van der Waals surface area contributed by atoms with Crippen molar-refractivity contribution in [3.8, 4) is 0 Å². The van der Waals surface area contributed by atoms with Gasteiger partial charge in [-0.1, -0.05) is 0 Å². The molecule has 0 radical (unpaired) electrons. The van der Waals surface area contributed by atoms with Gasteiger partial charge in [-0.25, -0.2) is 4.79 Å². The first-order valence-corrected chi connectivity index (χ1v) is 8.52. The van der Waals surface area contributed by atoms with Crippen molar-refractivity contribution in [1.29, 1.82) is 0 Å². The first-order valence-electron chi connectivity index (χ1n) is 7.44. The number of hydrogen-bond acceptors (Lipinski definition) is 3. The smallest absolute Gasteiger partial charge is 0.410 e. The molecule has 2 rings (SSSR count). The average molecular weight is 405 g/mol. The minimum atomic E-state index is -0.424. The second kappa shape index (κ2) is 6.54. The van der Waals surface area contributed by atoms with Crippen LogP contribution < -0.4 is 0 Å². The molecular weight excluding hydrogens is 381 g/mol. The maximum Gasteiger partial charge on any atom is 0.410 e. The van der Waals surface area contributed by atoms with Gasteiger partial charge in [-0.05, 0) is 69.0 Å². The standard InChI is InChI=1S/C15H24IN3O2/c1-11(19-10-13(16)9-17-19)12-5-7-18(8-6-12)14(20)21-15(2,3)4/h9-12H,5-8H2,1-4H3. The fraction of sp³-hybridized carbons (Fsp3) is 0.733. The Bertz CT molecular complexity index is 487. The highest BCUT2D eigenvalue weighted by atomic mass is 127. The van der Waals surface area contributed by atoms with Gasteiger partial charge in [0.1, 0.15) is 5.60 Å². The summed E-state index contributed by atoms with van der Waals surface area (Å²) in [6.45, 7) is 9.44. The number of amides is 1. The summed E-state index contributed by atoms with van der Waals surface area (Å²) in [6.07, 6.45) is 5.76. The van der Waals surface area contributed by atoms with Crippen molar-refractivity contribution < 1.29 is 9.53 Å². The van der Waals surface area contributed by atoms with Crippen LogP contribution in [-0.4, -0.2) is 39.5 Å². The van der Waals surface area contributed by atoms with Gasteiger partial charge < -0.3 is 9.64 Å².